The molecule has 0 aliphatic carbocycles. The highest BCUT2D eigenvalue weighted by Gasteiger charge is 2.05. The Hall–Kier alpha value is -1.19. The van der Waals surface area contributed by atoms with Crippen molar-refractivity contribution in [2.24, 2.45) is 0 Å². The van der Waals surface area contributed by atoms with Gasteiger partial charge in [-0.1, -0.05) is 6.92 Å². The molecule has 0 aromatic carbocycles. The van der Waals surface area contributed by atoms with Crippen LogP contribution in [-0.4, -0.2) is 20.5 Å². The van der Waals surface area contributed by atoms with Crippen LogP contribution in [0.15, 0.2) is 0 Å². The third-order valence-corrected chi connectivity index (χ3v) is 1.68. The van der Waals surface area contributed by atoms with Gasteiger partial charge in [0.2, 0.25) is 0 Å². The normalized spacial score (nSPS) is 10.2. The first kappa shape index (κ1) is 8.90. The summed E-state index contributed by atoms with van der Waals surface area (Å²) in [4.78, 5) is 15.2. The lowest BCUT2D eigenvalue weighted by Gasteiger charge is -1.98. The molecule has 12 heavy (non-hydrogen) atoms. The van der Waals surface area contributed by atoms with Crippen molar-refractivity contribution >= 4 is 5.78 Å². The second-order valence-electron chi connectivity index (χ2n) is 2.76. The van der Waals surface area contributed by atoms with Gasteiger partial charge in [-0.3, -0.25) is 4.79 Å². The molecule has 1 heterocycles. The SMILES string of the molecule is CCC(=O)Cn1nc(C)nc1C. The fourth-order valence-corrected chi connectivity index (χ4v) is 0.990. The van der Waals surface area contributed by atoms with Crippen LogP contribution in [0, 0.1) is 13.8 Å². The van der Waals surface area contributed by atoms with Gasteiger partial charge >= 0.3 is 0 Å². The third-order valence-electron chi connectivity index (χ3n) is 1.68. The molecular formula is C8H13N3O. The van der Waals surface area contributed by atoms with Crippen molar-refractivity contribution < 1.29 is 4.79 Å². The van der Waals surface area contributed by atoms with Gasteiger partial charge in [-0.2, -0.15) is 5.10 Å². The number of nitrogens with zero attached hydrogens (tertiary/aromatic N) is 3. The van der Waals surface area contributed by atoms with Crippen molar-refractivity contribution in [3.05, 3.63) is 11.6 Å². The van der Waals surface area contributed by atoms with Crippen molar-refractivity contribution in [1.82, 2.24) is 14.8 Å². The van der Waals surface area contributed by atoms with E-state index in [0.717, 1.165) is 11.6 Å². The van der Waals surface area contributed by atoms with E-state index in [-0.39, 0.29) is 5.78 Å². The Morgan fingerprint density at radius 1 is 1.50 bits per heavy atom. The van der Waals surface area contributed by atoms with Crippen LogP contribution in [0.1, 0.15) is 25.0 Å². The van der Waals surface area contributed by atoms with Crippen molar-refractivity contribution in [2.75, 3.05) is 0 Å². The standard InChI is InChI=1S/C8H13N3O/c1-4-8(12)5-11-7(3)9-6(2)10-11/h4-5H2,1-3H3. The van der Waals surface area contributed by atoms with Crippen molar-refractivity contribution in [3.63, 3.8) is 0 Å². The van der Waals surface area contributed by atoms with Crippen LogP contribution in [0.3, 0.4) is 0 Å². The van der Waals surface area contributed by atoms with Crippen LogP contribution in [-0.2, 0) is 11.3 Å². The van der Waals surface area contributed by atoms with Gasteiger partial charge in [0, 0.05) is 6.42 Å². The van der Waals surface area contributed by atoms with Crippen molar-refractivity contribution in [1.29, 1.82) is 0 Å². The van der Waals surface area contributed by atoms with Crippen LogP contribution < -0.4 is 0 Å². The maximum Gasteiger partial charge on any atom is 0.154 e. The predicted octanol–water partition coefficient (Wildman–Crippen LogP) is 0.874. The molecule has 0 saturated heterocycles. The summed E-state index contributed by atoms with van der Waals surface area (Å²) in [6, 6.07) is 0. The Bertz CT molecular complexity index is 290. The summed E-state index contributed by atoms with van der Waals surface area (Å²) in [5.41, 5.74) is 0. The number of rotatable bonds is 3. The monoisotopic (exact) mass is 167 g/mol. The Labute approximate surface area is 71.6 Å². The number of carbonyl (C=O) groups is 1. The molecule has 1 aromatic rings. The smallest absolute Gasteiger partial charge is 0.154 e. The molecule has 1 aromatic heterocycles. The number of aryl methyl sites for hydroxylation is 2. The van der Waals surface area contributed by atoms with Crippen molar-refractivity contribution in [2.45, 2.75) is 33.7 Å². The average molecular weight is 167 g/mol. The quantitative estimate of drug-likeness (QED) is 0.671. The summed E-state index contributed by atoms with van der Waals surface area (Å²) in [7, 11) is 0. The van der Waals surface area contributed by atoms with Crippen LogP contribution >= 0.6 is 0 Å². The number of aromatic nitrogens is 3. The molecule has 66 valence electrons. The molecule has 0 aliphatic rings. The summed E-state index contributed by atoms with van der Waals surface area (Å²) in [5.74, 6) is 1.70. The van der Waals surface area contributed by atoms with E-state index in [0.29, 0.717) is 13.0 Å². The fraction of sp³-hybridized carbons (Fsp3) is 0.625. The topological polar surface area (TPSA) is 47.8 Å². The van der Waals surface area contributed by atoms with Crippen LogP contribution in [0.2, 0.25) is 0 Å². The second-order valence-corrected chi connectivity index (χ2v) is 2.76. The molecule has 0 unspecified atom stereocenters. The Morgan fingerprint density at radius 2 is 2.17 bits per heavy atom. The van der Waals surface area contributed by atoms with E-state index in [1.165, 1.54) is 0 Å². The van der Waals surface area contributed by atoms with Gasteiger partial charge in [-0.05, 0) is 13.8 Å². The second kappa shape index (κ2) is 3.47. The number of carbonyl (C=O) groups excluding carboxylic acids is 1. The van der Waals surface area contributed by atoms with Gasteiger partial charge < -0.3 is 0 Å². The van der Waals surface area contributed by atoms with Crippen LogP contribution in [0.4, 0.5) is 0 Å². The average Bonchev–Trinajstić information content (AvgIpc) is 2.30. The van der Waals surface area contributed by atoms with Gasteiger partial charge in [0.15, 0.2) is 5.78 Å². The summed E-state index contributed by atoms with van der Waals surface area (Å²) in [5, 5.41) is 4.08. The lowest BCUT2D eigenvalue weighted by molar-refractivity contribution is -0.119. The van der Waals surface area contributed by atoms with E-state index in [1.54, 1.807) is 4.68 Å². The maximum absolute atomic E-state index is 11.1. The first-order valence-electron chi connectivity index (χ1n) is 4.03. The highest BCUT2D eigenvalue weighted by atomic mass is 16.1. The van der Waals surface area contributed by atoms with E-state index in [2.05, 4.69) is 10.1 Å². The van der Waals surface area contributed by atoms with Gasteiger partial charge in [0.1, 0.15) is 18.2 Å². The van der Waals surface area contributed by atoms with E-state index < -0.39 is 0 Å². The summed E-state index contributed by atoms with van der Waals surface area (Å²) in [6.45, 7) is 5.87. The number of hydrogen-bond acceptors (Lipinski definition) is 3. The molecule has 4 nitrogen and oxygen atoms in total. The zero-order valence-electron chi connectivity index (χ0n) is 7.66. The molecule has 0 bridgehead atoms. The first-order chi connectivity index (χ1) is 5.63. The molecule has 0 fully saturated rings. The molecule has 0 saturated carbocycles. The van der Waals surface area contributed by atoms with Gasteiger partial charge in [0.05, 0.1) is 0 Å². The maximum atomic E-state index is 11.1. The van der Waals surface area contributed by atoms with E-state index in [4.69, 9.17) is 0 Å². The minimum absolute atomic E-state index is 0.183. The Morgan fingerprint density at radius 3 is 2.58 bits per heavy atom. The van der Waals surface area contributed by atoms with Gasteiger partial charge in [0.25, 0.3) is 0 Å². The van der Waals surface area contributed by atoms with E-state index in [9.17, 15) is 4.79 Å². The van der Waals surface area contributed by atoms with Gasteiger partial charge in [-0.25, -0.2) is 9.67 Å². The van der Waals surface area contributed by atoms with Crippen molar-refractivity contribution in [3.8, 4) is 0 Å². The molecule has 1 rings (SSSR count). The zero-order valence-corrected chi connectivity index (χ0v) is 7.66. The first-order valence-corrected chi connectivity index (χ1v) is 4.03. The number of hydrogen-bond donors (Lipinski definition) is 0. The third kappa shape index (κ3) is 1.90. The summed E-state index contributed by atoms with van der Waals surface area (Å²) < 4.78 is 1.64. The highest BCUT2D eigenvalue weighted by Crippen LogP contribution is 1.96. The molecule has 0 atom stereocenters. The van der Waals surface area contributed by atoms with Crippen LogP contribution in [0.5, 0.6) is 0 Å². The predicted molar refractivity (Wildman–Crippen MR) is 44.8 cm³/mol. The molecular weight excluding hydrogens is 154 g/mol. The lowest BCUT2D eigenvalue weighted by Crippen LogP contribution is -2.11. The molecule has 4 heteroatoms. The number of ketones is 1. The van der Waals surface area contributed by atoms with Crippen LogP contribution in [0.25, 0.3) is 0 Å². The summed E-state index contributed by atoms with van der Waals surface area (Å²) in [6.07, 6.45) is 0.554. The Kier molecular flexibility index (Phi) is 2.58. The van der Waals surface area contributed by atoms with Gasteiger partial charge in [-0.15, -0.1) is 0 Å². The molecule has 0 spiro atoms. The highest BCUT2D eigenvalue weighted by molar-refractivity contribution is 5.77. The lowest BCUT2D eigenvalue weighted by atomic mass is 10.3. The Balaban J connectivity index is 2.75. The van der Waals surface area contributed by atoms with E-state index >= 15 is 0 Å². The number of Topliss-reactive ketones (excluding diaryl/α,β-unsaturated/α-hetero) is 1. The zero-order chi connectivity index (χ0) is 9.14. The minimum Gasteiger partial charge on any atom is -0.298 e. The summed E-state index contributed by atoms with van der Waals surface area (Å²) >= 11 is 0. The molecule has 0 amide bonds. The molecule has 0 radical (unpaired) electrons. The van der Waals surface area contributed by atoms with E-state index in [1.807, 2.05) is 20.8 Å². The molecule has 0 aliphatic heterocycles. The fourth-order valence-electron chi connectivity index (χ4n) is 0.990. The minimum atomic E-state index is 0.183. The largest absolute Gasteiger partial charge is 0.298 e. The molecule has 0 N–H and O–H groups in total.